The maximum atomic E-state index is 11.6. The van der Waals surface area contributed by atoms with E-state index in [1.54, 1.807) is 13.0 Å². The zero-order valence-electron chi connectivity index (χ0n) is 15.0. The number of nitrogens with zero attached hydrogens (tertiary/aromatic N) is 3. The molecule has 1 heterocycles. The quantitative estimate of drug-likeness (QED) is 0.217. The van der Waals surface area contributed by atoms with Crippen molar-refractivity contribution >= 4 is 58.0 Å². The predicted octanol–water partition coefficient (Wildman–Crippen LogP) is 3.74. The highest BCUT2D eigenvalue weighted by atomic mass is 35.5. The van der Waals surface area contributed by atoms with E-state index in [2.05, 4.69) is 20.8 Å². The number of nitrogens with two attached hydrogens (primary N) is 1. The lowest BCUT2D eigenvalue weighted by atomic mass is 10.1. The Kier molecular flexibility index (Phi) is 7.39. The van der Waals surface area contributed by atoms with E-state index in [0.29, 0.717) is 10.6 Å². The second-order valence-corrected chi connectivity index (χ2v) is 6.26. The number of aromatic nitrogens is 1. The summed E-state index contributed by atoms with van der Waals surface area (Å²) in [4.78, 5) is 26.0. The summed E-state index contributed by atoms with van der Waals surface area (Å²) in [6, 6.07) is 5.73. The summed E-state index contributed by atoms with van der Waals surface area (Å²) >= 11 is 11.9. The van der Waals surface area contributed by atoms with Crippen LogP contribution in [0.3, 0.4) is 0 Å². The minimum atomic E-state index is -0.801. The smallest absolute Gasteiger partial charge is 0.412 e. The van der Waals surface area contributed by atoms with Gasteiger partial charge in [-0.3, -0.25) is 15.4 Å². The van der Waals surface area contributed by atoms with Crippen molar-refractivity contribution in [1.82, 2.24) is 4.98 Å². The molecule has 1 amide bonds. The van der Waals surface area contributed by atoms with Gasteiger partial charge in [0.1, 0.15) is 17.2 Å². The Morgan fingerprint density at radius 2 is 2.14 bits per heavy atom. The molecule has 0 spiro atoms. The van der Waals surface area contributed by atoms with Crippen molar-refractivity contribution in [2.24, 2.45) is 5.16 Å². The highest BCUT2D eigenvalue weighted by Gasteiger charge is 2.23. The van der Waals surface area contributed by atoms with Gasteiger partial charge in [0.2, 0.25) is 5.82 Å². The van der Waals surface area contributed by atoms with Gasteiger partial charge in [-0.25, -0.2) is 9.78 Å². The molecule has 0 radical (unpaired) electrons. The van der Waals surface area contributed by atoms with Gasteiger partial charge in [0.25, 0.3) is 0 Å². The molecule has 5 N–H and O–H groups in total. The fourth-order valence-electron chi connectivity index (χ4n) is 2.31. The molecule has 1 aromatic heterocycles. The topological polar surface area (TPSA) is 165 Å². The van der Waals surface area contributed by atoms with Crippen LogP contribution in [0.1, 0.15) is 12.5 Å². The lowest BCUT2D eigenvalue weighted by molar-refractivity contribution is -0.383. The first-order chi connectivity index (χ1) is 13.8. The van der Waals surface area contributed by atoms with Crippen LogP contribution >= 0.6 is 23.2 Å². The number of carbonyl (C=O) groups is 1. The summed E-state index contributed by atoms with van der Waals surface area (Å²) in [5.74, 6) is -0.500. The minimum Gasteiger partial charge on any atom is -0.450 e. The second-order valence-electron chi connectivity index (χ2n) is 5.42. The van der Waals surface area contributed by atoms with Crippen molar-refractivity contribution in [1.29, 1.82) is 0 Å². The van der Waals surface area contributed by atoms with Crippen molar-refractivity contribution in [3.63, 3.8) is 0 Å². The zero-order chi connectivity index (χ0) is 21.6. The van der Waals surface area contributed by atoms with Crippen LogP contribution in [-0.4, -0.2) is 40.1 Å². The number of nitro groups is 1. The molecule has 2 rings (SSSR count). The van der Waals surface area contributed by atoms with Gasteiger partial charge in [0, 0.05) is 16.7 Å². The largest absolute Gasteiger partial charge is 0.450 e. The van der Waals surface area contributed by atoms with E-state index in [1.165, 1.54) is 18.2 Å². The number of rotatable bonds is 7. The second kappa shape index (κ2) is 9.75. The number of amides is 1. The van der Waals surface area contributed by atoms with E-state index < -0.39 is 22.5 Å². The van der Waals surface area contributed by atoms with Gasteiger partial charge in [-0.15, -0.1) is 0 Å². The van der Waals surface area contributed by atoms with Crippen LogP contribution < -0.4 is 16.4 Å². The Morgan fingerprint density at radius 3 is 2.72 bits per heavy atom. The fraction of sp³-hybridized carbons (Fsp3) is 0.188. The molecule has 0 saturated carbocycles. The number of carbonyl (C=O) groups excluding carboxylic acids is 1. The molecule has 0 aliphatic rings. The number of nitrogen functional groups attached to an aromatic ring is 1. The summed E-state index contributed by atoms with van der Waals surface area (Å²) in [5.41, 5.74) is 5.52. The number of hydrogen-bond acceptors (Lipinski definition) is 9. The van der Waals surface area contributed by atoms with Crippen LogP contribution in [0.25, 0.3) is 0 Å². The number of halogens is 2. The Bertz CT molecular complexity index is 969. The van der Waals surface area contributed by atoms with Gasteiger partial charge in [0.05, 0.1) is 23.1 Å². The van der Waals surface area contributed by atoms with E-state index in [4.69, 9.17) is 33.7 Å². The van der Waals surface area contributed by atoms with Gasteiger partial charge in [-0.1, -0.05) is 28.4 Å². The Balaban J connectivity index is 2.32. The molecule has 2 aromatic rings. The van der Waals surface area contributed by atoms with E-state index in [9.17, 15) is 20.1 Å². The number of pyridine rings is 1. The Hall–Kier alpha value is -3.31. The average molecular weight is 443 g/mol. The third-order valence-electron chi connectivity index (χ3n) is 3.52. The van der Waals surface area contributed by atoms with Gasteiger partial charge >= 0.3 is 11.8 Å². The molecule has 0 atom stereocenters. The molecule has 154 valence electrons. The number of nitrogens with one attached hydrogen (secondary N) is 2. The molecule has 29 heavy (non-hydrogen) atoms. The fourth-order valence-corrected chi connectivity index (χ4v) is 2.82. The molecule has 0 aliphatic carbocycles. The summed E-state index contributed by atoms with van der Waals surface area (Å²) in [6.07, 6.45) is -0.801. The third-order valence-corrected chi connectivity index (χ3v) is 4.06. The number of ether oxygens (including phenoxy) is 1. The van der Waals surface area contributed by atoms with Gasteiger partial charge in [0.15, 0.2) is 0 Å². The highest BCUT2D eigenvalue weighted by molar-refractivity contribution is 6.37. The first-order valence-electron chi connectivity index (χ1n) is 8.05. The number of benzene rings is 1. The summed E-state index contributed by atoms with van der Waals surface area (Å²) in [6.45, 7) is 1.57. The normalized spacial score (nSPS) is 11.1. The van der Waals surface area contributed by atoms with Crippen molar-refractivity contribution in [3.8, 4) is 0 Å². The van der Waals surface area contributed by atoms with Crippen LogP contribution in [-0.2, 0) is 4.74 Å². The Morgan fingerprint density at radius 1 is 1.41 bits per heavy atom. The first-order valence-corrected chi connectivity index (χ1v) is 8.81. The van der Waals surface area contributed by atoms with Gasteiger partial charge in [-0.05, 0) is 25.1 Å². The van der Waals surface area contributed by atoms with Crippen molar-refractivity contribution in [3.05, 3.63) is 50.0 Å². The molecule has 0 aliphatic heterocycles. The summed E-state index contributed by atoms with van der Waals surface area (Å²) < 4.78 is 4.74. The molecule has 1 aromatic carbocycles. The maximum absolute atomic E-state index is 11.6. The highest BCUT2D eigenvalue weighted by Crippen LogP contribution is 2.32. The predicted molar refractivity (Wildman–Crippen MR) is 109 cm³/mol. The lowest BCUT2D eigenvalue weighted by Gasteiger charge is -2.12. The molecule has 11 nitrogen and oxygen atoms in total. The van der Waals surface area contributed by atoms with E-state index in [1.807, 2.05) is 0 Å². The van der Waals surface area contributed by atoms with Crippen molar-refractivity contribution in [2.45, 2.75) is 6.92 Å². The number of anilines is 3. The van der Waals surface area contributed by atoms with Crippen molar-refractivity contribution < 1.29 is 19.7 Å². The zero-order valence-corrected chi connectivity index (χ0v) is 16.5. The number of oxime groups is 1. The number of hydrogen-bond donors (Lipinski definition) is 4. The van der Waals surface area contributed by atoms with Crippen LogP contribution in [0.5, 0.6) is 0 Å². The van der Waals surface area contributed by atoms with Crippen molar-refractivity contribution in [2.75, 3.05) is 29.5 Å². The minimum absolute atomic E-state index is 0.0685. The van der Waals surface area contributed by atoms with Gasteiger partial charge < -0.3 is 21.0 Å². The summed E-state index contributed by atoms with van der Waals surface area (Å²) in [7, 11) is 0. The maximum Gasteiger partial charge on any atom is 0.412 e. The molecular formula is C16H16Cl2N6O5. The Labute approximate surface area is 174 Å². The van der Waals surface area contributed by atoms with E-state index >= 15 is 0 Å². The monoisotopic (exact) mass is 442 g/mol. The van der Waals surface area contributed by atoms with Crippen LogP contribution in [0, 0.1) is 10.1 Å². The van der Waals surface area contributed by atoms with Crippen LogP contribution in [0.2, 0.25) is 10.0 Å². The third kappa shape index (κ3) is 5.59. The average Bonchev–Trinajstić information content (AvgIpc) is 2.63. The molecule has 0 bridgehead atoms. The molecular weight excluding hydrogens is 427 g/mol. The molecule has 0 fully saturated rings. The summed E-state index contributed by atoms with van der Waals surface area (Å²) in [5, 5.41) is 29.5. The first kappa shape index (κ1) is 22.0. The molecule has 13 heteroatoms. The van der Waals surface area contributed by atoms with Crippen LogP contribution in [0.15, 0.2) is 29.4 Å². The molecule has 0 saturated heterocycles. The van der Waals surface area contributed by atoms with E-state index in [0.717, 1.165) is 0 Å². The lowest BCUT2D eigenvalue weighted by Crippen LogP contribution is -2.19. The van der Waals surface area contributed by atoms with Gasteiger partial charge in [-0.2, -0.15) is 0 Å². The molecule has 0 unspecified atom stereocenters. The standard InChI is InChI=1S/C16H16Cl2N6O5/c1-2-29-16(25)22-13-6-11(14(24(27)28)15(19)21-13)20-7-12(23-26)9-4-3-8(17)5-10(9)18/h3-6,26H,2,7H2,1H3,(H4,19,20,21,22,25)/b23-12-. The van der Waals surface area contributed by atoms with Crippen LogP contribution in [0.4, 0.5) is 27.8 Å². The van der Waals surface area contributed by atoms with E-state index in [-0.39, 0.29) is 35.4 Å². The SMILES string of the molecule is CCOC(=O)Nc1cc(NC/C(=N/O)c2ccc(Cl)cc2Cl)c([N+](=O)[O-])c(N)n1.